The van der Waals surface area contributed by atoms with E-state index in [1.807, 2.05) is 0 Å². The molecule has 1 atom stereocenters. The Morgan fingerprint density at radius 1 is 1.88 bits per heavy atom. The summed E-state index contributed by atoms with van der Waals surface area (Å²) in [6.07, 6.45) is 0.0413. The van der Waals surface area contributed by atoms with Crippen LogP contribution in [-0.4, -0.2) is 22.9 Å². The molecule has 48 valence electrons. The topological polar surface area (TPSA) is 63.3 Å². The normalized spacial score (nSPS) is 13.2. The van der Waals surface area contributed by atoms with Crippen molar-refractivity contribution in [2.24, 2.45) is 5.73 Å². The highest BCUT2D eigenvalue weighted by atomic mass is 32.1. The first-order valence-electron chi connectivity index (χ1n) is 2.26. The molecule has 0 aliphatic heterocycles. The second kappa shape index (κ2) is 3.74. The zero-order valence-electron chi connectivity index (χ0n) is 4.37. The van der Waals surface area contributed by atoms with Gasteiger partial charge in [-0.25, -0.2) is 0 Å². The van der Waals surface area contributed by atoms with E-state index < -0.39 is 5.97 Å². The number of hydrogen-bond acceptors (Lipinski definition) is 3. The molecule has 3 N–H and O–H groups in total. The Bertz CT molecular complexity index is 86.1. The van der Waals surface area contributed by atoms with Gasteiger partial charge in [0.05, 0.1) is 6.42 Å². The maximum Gasteiger partial charge on any atom is 0.304 e. The molecule has 0 rings (SSSR count). The minimum absolute atomic E-state index is 0.0413. The van der Waals surface area contributed by atoms with E-state index in [9.17, 15) is 4.79 Å². The summed E-state index contributed by atoms with van der Waals surface area (Å²) in [5.74, 6) is -0.851. The second-order valence-corrected chi connectivity index (χ2v) is 2.22. The molecular weight excluding hydrogens is 126 g/mol. The van der Waals surface area contributed by atoms with E-state index in [2.05, 4.69) is 12.6 Å². The van der Waals surface area contributed by atoms with Gasteiger partial charge in [0.2, 0.25) is 0 Å². The number of nitrogens with two attached hydrogens (primary N) is 1. The van der Waals surface area contributed by atoms with Crippen molar-refractivity contribution >= 4 is 18.6 Å². The summed E-state index contributed by atoms with van der Waals surface area (Å²) < 4.78 is 0. The third kappa shape index (κ3) is 3.95. The molecule has 0 amide bonds. The van der Waals surface area contributed by atoms with Crippen molar-refractivity contribution < 1.29 is 9.90 Å². The highest BCUT2D eigenvalue weighted by Gasteiger charge is 2.04. The molecule has 0 aliphatic carbocycles. The lowest BCUT2D eigenvalue weighted by Gasteiger charge is -2.00. The van der Waals surface area contributed by atoms with Crippen molar-refractivity contribution in [2.75, 3.05) is 6.54 Å². The second-order valence-electron chi connectivity index (χ2n) is 1.49. The lowest BCUT2D eigenvalue weighted by molar-refractivity contribution is -0.136. The van der Waals surface area contributed by atoms with E-state index in [1.54, 1.807) is 0 Å². The maximum absolute atomic E-state index is 9.86. The number of thiol groups is 1. The number of rotatable bonds is 3. The van der Waals surface area contributed by atoms with E-state index in [1.165, 1.54) is 0 Å². The summed E-state index contributed by atoms with van der Waals surface area (Å²) in [7, 11) is 0. The van der Waals surface area contributed by atoms with Gasteiger partial charge < -0.3 is 10.8 Å². The fourth-order valence-corrected chi connectivity index (χ4v) is 0.441. The smallest absolute Gasteiger partial charge is 0.304 e. The van der Waals surface area contributed by atoms with Gasteiger partial charge in [-0.15, -0.1) is 0 Å². The summed E-state index contributed by atoms with van der Waals surface area (Å²) in [5, 5.41) is 7.91. The van der Waals surface area contributed by atoms with Gasteiger partial charge in [0.15, 0.2) is 0 Å². The van der Waals surface area contributed by atoms with Crippen LogP contribution in [0.3, 0.4) is 0 Å². The minimum Gasteiger partial charge on any atom is -0.481 e. The zero-order chi connectivity index (χ0) is 6.57. The van der Waals surface area contributed by atoms with Crippen LogP contribution in [0.2, 0.25) is 0 Å². The molecule has 0 aromatic carbocycles. The Kier molecular flexibility index (Phi) is 3.64. The molecule has 0 aromatic heterocycles. The van der Waals surface area contributed by atoms with Crippen molar-refractivity contribution in [2.45, 2.75) is 11.7 Å². The van der Waals surface area contributed by atoms with Crippen LogP contribution in [0.4, 0.5) is 0 Å². The lowest BCUT2D eigenvalue weighted by Crippen LogP contribution is -2.17. The van der Waals surface area contributed by atoms with Gasteiger partial charge in [-0.2, -0.15) is 12.6 Å². The van der Waals surface area contributed by atoms with Gasteiger partial charge >= 0.3 is 5.97 Å². The lowest BCUT2D eigenvalue weighted by atomic mass is 10.3. The summed E-state index contributed by atoms with van der Waals surface area (Å²) in [4.78, 5) is 9.86. The fourth-order valence-electron chi connectivity index (χ4n) is 0.285. The average Bonchev–Trinajstić information content (AvgIpc) is 1.65. The molecule has 0 saturated heterocycles. The Balaban J connectivity index is 3.24. The van der Waals surface area contributed by atoms with Crippen LogP contribution in [-0.2, 0) is 4.79 Å². The molecule has 0 radical (unpaired) electrons. The first kappa shape index (κ1) is 7.78. The van der Waals surface area contributed by atoms with Crippen LogP contribution >= 0.6 is 12.6 Å². The Morgan fingerprint density at radius 3 is 2.50 bits per heavy atom. The molecule has 8 heavy (non-hydrogen) atoms. The highest BCUT2D eigenvalue weighted by molar-refractivity contribution is 7.81. The zero-order valence-corrected chi connectivity index (χ0v) is 5.27. The standard InChI is InChI=1S/C4H9NO2S/c5-2-3(8)1-4(6)7/h3,8H,1-2,5H2,(H,6,7). The predicted octanol–water partition coefficient (Wildman–Crippen LogP) is -0.282. The van der Waals surface area contributed by atoms with Crippen LogP contribution in [0.25, 0.3) is 0 Å². The Morgan fingerprint density at radius 2 is 2.38 bits per heavy atom. The number of aliphatic carboxylic acids is 1. The van der Waals surface area contributed by atoms with Crippen molar-refractivity contribution in [3.63, 3.8) is 0 Å². The molecule has 0 bridgehead atoms. The van der Waals surface area contributed by atoms with Crippen molar-refractivity contribution in [1.82, 2.24) is 0 Å². The van der Waals surface area contributed by atoms with Crippen molar-refractivity contribution in [3.8, 4) is 0 Å². The highest BCUT2D eigenvalue weighted by Crippen LogP contribution is 1.96. The first-order valence-corrected chi connectivity index (χ1v) is 2.78. The molecule has 0 heterocycles. The van der Waals surface area contributed by atoms with E-state index >= 15 is 0 Å². The van der Waals surface area contributed by atoms with Gasteiger partial charge in [-0.05, 0) is 0 Å². The van der Waals surface area contributed by atoms with E-state index in [-0.39, 0.29) is 11.7 Å². The van der Waals surface area contributed by atoms with Crippen LogP contribution in [0, 0.1) is 0 Å². The van der Waals surface area contributed by atoms with Gasteiger partial charge in [0.1, 0.15) is 0 Å². The quantitative estimate of drug-likeness (QED) is 0.466. The van der Waals surface area contributed by atoms with Crippen LogP contribution < -0.4 is 5.73 Å². The Hall–Kier alpha value is -0.220. The molecule has 3 nitrogen and oxygen atoms in total. The van der Waals surface area contributed by atoms with E-state index in [4.69, 9.17) is 10.8 Å². The third-order valence-corrected chi connectivity index (χ3v) is 1.08. The molecule has 0 spiro atoms. The molecule has 0 aliphatic rings. The van der Waals surface area contributed by atoms with Crippen LogP contribution in [0.15, 0.2) is 0 Å². The number of carbonyl (C=O) groups is 1. The Labute approximate surface area is 53.3 Å². The molecule has 0 saturated carbocycles. The average molecular weight is 135 g/mol. The number of carboxylic acid groups (broad SMARTS) is 1. The first-order chi connectivity index (χ1) is 3.66. The van der Waals surface area contributed by atoms with Gasteiger partial charge in [0, 0.05) is 11.8 Å². The van der Waals surface area contributed by atoms with Gasteiger partial charge in [-0.1, -0.05) is 0 Å². The van der Waals surface area contributed by atoms with Gasteiger partial charge in [-0.3, -0.25) is 4.79 Å². The summed E-state index contributed by atoms with van der Waals surface area (Å²) in [5.41, 5.74) is 5.08. The fraction of sp³-hybridized carbons (Fsp3) is 0.750. The summed E-state index contributed by atoms with van der Waals surface area (Å²) >= 11 is 3.86. The molecule has 0 aromatic rings. The van der Waals surface area contributed by atoms with Crippen LogP contribution in [0.5, 0.6) is 0 Å². The molecular formula is C4H9NO2S. The molecule has 1 unspecified atom stereocenters. The monoisotopic (exact) mass is 135 g/mol. The predicted molar refractivity (Wildman–Crippen MR) is 34.1 cm³/mol. The number of carboxylic acids is 1. The number of hydrogen-bond donors (Lipinski definition) is 3. The largest absolute Gasteiger partial charge is 0.481 e. The van der Waals surface area contributed by atoms with Crippen molar-refractivity contribution in [3.05, 3.63) is 0 Å². The van der Waals surface area contributed by atoms with E-state index in [0.717, 1.165) is 0 Å². The summed E-state index contributed by atoms with van der Waals surface area (Å²) in [6, 6.07) is 0. The van der Waals surface area contributed by atoms with E-state index in [0.29, 0.717) is 6.54 Å². The van der Waals surface area contributed by atoms with Crippen LogP contribution in [0.1, 0.15) is 6.42 Å². The van der Waals surface area contributed by atoms with Gasteiger partial charge in [0.25, 0.3) is 0 Å². The third-order valence-electron chi connectivity index (χ3n) is 0.682. The SMILES string of the molecule is NCC(S)CC(=O)O. The molecule has 4 heteroatoms. The maximum atomic E-state index is 9.86. The van der Waals surface area contributed by atoms with Crippen molar-refractivity contribution in [1.29, 1.82) is 0 Å². The molecule has 0 fully saturated rings. The minimum atomic E-state index is -0.851. The summed E-state index contributed by atoms with van der Waals surface area (Å²) in [6.45, 7) is 0.315.